The number of nitrogens with zero attached hydrogens (tertiary/aromatic N) is 2. The van der Waals surface area contributed by atoms with E-state index in [4.69, 9.17) is 9.47 Å². The van der Waals surface area contributed by atoms with E-state index in [1.807, 2.05) is 0 Å². The molecule has 5 unspecified atom stereocenters. The summed E-state index contributed by atoms with van der Waals surface area (Å²) >= 11 is 0. The van der Waals surface area contributed by atoms with E-state index < -0.39 is 59.7 Å². The fourth-order valence-corrected chi connectivity index (χ4v) is 3.92. The van der Waals surface area contributed by atoms with Gasteiger partial charge < -0.3 is 30.3 Å². The van der Waals surface area contributed by atoms with Crippen molar-refractivity contribution < 1.29 is 38.9 Å². The molecule has 0 aromatic carbocycles. The van der Waals surface area contributed by atoms with Gasteiger partial charge in [-0.25, -0.2) is 9.78 Å². The minimum Gasteiger partial charge on any atom is -0.505 e. The summed E-state index contributed by atoms with van der Waals surface area (Å²) in [4.78, 5) is 60.3. The summed E-state index contributed by atoms with van der Waals surface area (Å²) < 4.78 is 10.9. The molecular formula is C27H32N4O8. The zero-order valence-corrected chi connectivity index (χ0v) is 22.1. The Morgan fingerprint density at radius 1 is 1.15 bits per heavy atom. The van der Waals surface area contributed by atoms with Crippen LogP contribution in [0.25, 0.3) is 0 Å². The SMILES string of the molecule is CC/C(C)=C1\OC(=O)C(C)C(O)C(Cc2cccnc2)NC(=O)C(NC(=O)c2ncccc2O)C(C)OC1=O. The van der Waals surface area contributed by atoms with Crippen LogP contribution in [0, 0.1) is 5.92 Å². The zero-order valence-electron chi connectivity index (χ0n) is 22.1. The van der Waals surface area contributed by atoms with Gasteiger partial charge in [0.15, 0.2) is 5.69 Å². The van der Waals surface area contributed by atoms with Crippen molar-refractivity contribution in [3.8, 4) is 5.75 Å². The Morgan fingerprint density at radius 3 is 2.51 bits per heavy atom. The number of aliphatic hydroxyl groups excluding tert-OH is 1. The summed E-state index contributed by atoms with van der Waals surface area (Å²) in [5.41, 5.74) is 0.733. The van der Waals surface area contributed by atoms with Crippen LogP contribution in [0.3, 0.4) is 0 Å². The molecule has 0 radical (unpaired) electrons. The summed E-state index contributed by atoms with van der Waals surface area (Å²) in [7, 11) is 0. The standard InChI is InChI=1S/C27H32N4O8/c1-5-14(2)23-27(37)38-16(4)20(31-25(35)21-19(32)9-7-11-29-21)24(34)30-18(12-17-8-6-10-28-13-17)22(33)15(3)26(36)39-23/h6-11,13,15-16,18,20,22,32-33H,5,12H2,1-4H3,(H,30,34)(H,31,35)/b23-14-. The molecule has 4 N–H and O–H groups in total. The van der Waals surface area contributed by atoms with E-state index in [1.54, 1.807) is 38.4 Å². The molecule has 3 heterocycles. The molecule has 2 amide bonds. The predicted molar refractivity (Wildman–Crippen MR) is 137 cm³/mol. The van der Waals surface area contributed by atoms with Gasteiger partial charge in [-0.15, -0.1) is 0 Å². The largest absolute Gasteiger partial charge is 0.505 e. The summed E-state index contributed by atoms with van der Waals surface area (Å²) in [5, 5.41) is 26.3. The number of hydrogen-bond donors (Lipinski definition) is 4. The van der Waals surface area contributed by atoms with Gasteiger partial charge in [-0.3, -0.25) is 19.4 Å². The van der Waals surface area contributed by atoms with Gasteiger partial charge in [-0.05, 0) is 62.9 Å². The van der Waals surface area contributed by atoms with Crippen molar-refractivity contribution in [1.82, 2.24) is 20.6 Å². The molecule has 0 spiro atoms. The highest BCUT2D eigenvalue weighted by molar-refractivity contribution is 5.98. The molecule has 1 aliphatic heterocycles. The number of carbonyl (C=O) groups excluding carboxylic acids is 4. The van der Waals surface area contributed by atoms with Crippen LogP contribution in [0.15, 0.2) is 54.2 Å². The van der Waals surface area contributed by atoms with E-state index in [0.29, 0.717) is 17.6 Å². The van der Waals surface area contributed by atoms with Gasteiger partial charge in [0, 0.05) is 18.6 Å². The topological polar surface area (TPSA) is 177 Å². The van der Waals surface area contributed by atoms with Gasteiger partial charge in [-0.1, -0.05) is 13.0 Å². The third-order valence-electron chi connectivity index (χ3n) is 6.44. The number of aliphatic hydroxyl groups is 1. The molecule has 0 saturated carbocycles. The number of ether oxygens (including phenoxy) is 2. The minimum absolute atomic E-state index is 0.0882. The van der Waals surface area contributed by atoms with Gasteiger partial charge in [0.2, 0.25) is 11.7 Å². The van der Waals surface area contributed by atoms with Crippen molar-refractivity contribution in [1.29, 1.82) is 0 Å². The van der Waals surface area contributed by atoms with E-state index in [0.717, 1.165) is 0 Å². The van der Waals surface area contributed by atoms with Crippen molar-refractivity contribution in [2.75, 3.05) is 0 Å². The first kappa shape index (κ1) is 29.2. The number of hydrogen-bond acceptors (Lipinski definition) is 10. The Hall–Kier alpha value is -4.32. The van der Waals surface area contributed by atoms with Crippen molar-refractivity contribution in [3.05, 3.63) is 65.4 Å². The molecule has 1 saturated heterocycles. The first-order chi connectivity index (χ1) is 18.5. The Bertz CT molecular complexity index is 1250. The van der Waals surface area contributed by atoms with Crippen LogP contribution < -0.4 is 10.6 Å². The molecule has 0 bridgehead atoms. The van der Waals surface area contributed by atoms with E-state index in [1.165, 1.54) is 32.2 Å². The second-order valence-electron chi connectivity index (χ2n) is 9.28. The first-order valence-electron chi connectivity index (χ1n) is 12.5. The fraction of sp³-hybridized carbons (Fsp3) is 0.407. The lowest BCUT2D eigenvalue weighted by atomic mass is 9.92. The summed E-state index contributed by atoms with van der Waals surface area (Å²) in [5.74, 6) is -5.52. The Kier molecular flexibility index (Phi) is 9.72. The number of allylic oxidation sites excluding steroid dienone is 1. The molecule has 2 aromatic heterocycles. The maximum atomic E-state index is 13.6. The number of cyclic esters (lactones) is 2. The maximum absolute atomic E-state index is 13.6. The Morgan fingerprint density at radius 2 is 1.87 bits per heavy atom. The fourth-order valence-electron chi connectivity index (χ4n) is 3.92. The lowest BCUT2D eigenvalue weighted by Crippen LogP contribution is -2.59. The van der Waals surface area contributed by atoms with Crippen molar-refractivity contribution in [2.24, 2.45) is 5.92 Å². The molecule has 12 nitrogen and oxygen atoms in total. The molecule has 5 atom stereocenters. The van der Waals surface area contributed by atoms with Gasteiger partial charge in [0.25, 0.3) is 5.91 Å². The molecule has 1 aliphatic rings. The molecule has 0 aliphatic carbocycles. The highest BCUT2D eigenvalue weighted by Crippen LogP contribution is 2.21. The van der Waals surface area contributed by atoms with E-state index in [-0.39, 0.29) is 17.9 Å². The molecular weight excluding hydrogens is 508 g/mol. The van der Waals surface area contributed by atoms with Crippen molar-refractivity contribution in [2.45, 2.75) is 64.8 Å². The van der Waals surface area contributed by atoms with Gasteiger partial charge in [-0.2, -0.15) is 0 Å². The van der Waals surface area contributed by atoms with Crippen LogP contribution in [0.1, 0.15) is 50.2 Å². The summed E-state index contributed by atoms with van der Waals surface area (Å²) in [6, 6.07) is 3.62. The van der Waals surface area contributed by atoms with Crippen LogP contribution in [-0.4, -0.2) is 68.2 Å². The van der Waals surface area contributed by atoms with Crippen LogP contribution in [-0.2, 0) is 30.3 Å². The van der Waals surface area contributed by atoms with Crippen LogP contribution in [0.4, 0.5) is 0 Å². The van der Waals surface area contributed by atoms with E-state index in [2.05, 4.69) is 20.6 Å². The number of pyridine rings is 2. The van der Waals surface area contributed by atoms with Crippen molar-refractivity contribution >= 4 is 23.8 Å². The smallest absolute Gasteiger partial charge is 0.374 e. The van der Waals surface area contributed by atoms with E-state index >= 15 is 0 Å². The molecule has 39 heavy (non-hydrogen) atoms. The second kappa shape index (κ2) is 13.0. The van der Waals surface area contributed by atoms with E-state index in [9.17, 15) is 29.4 Å². The highest BCUT2D eigenvalue weighted by atomic mass is 16.6. The molecule has 12 heteroatoms. The molecule has 208 valence electrons. The van der Waals surface area contributed by atoms with Crippen LogP contribution in [0.5, 0.6) is 5.75 Å². The highest BCUT2D eigenvalue weighted by Gasteiger charge is 2.39. The summed E-state index contributed by atoms with van der Waals surface area (Å²) in [6.45, 7) is 6.13. The average molecular weight is 541 g/mol. The third-order valence-corrected chi connectivity index (χ3v) is 6.44. The second-order valence-corrected chi connectivity index (χ2v) is 9.28. The number of esters is 2. The third kappa shape index (κ3) is 7.17. The number of aromatic nitrogens is 2. The monoisotopic (exact) mass is 540 g/mol. The lowest BCUT2D eigenvalue weighted by molar-refractivity contribution is -0.161. The maximum Gasteiger partial charge on any atom is 0.374 e. The molecule has 3 rings (SSSR count). The molecule has 2 aromatic rings. The zero-order chi connectivity index (χ0) is 28.7. The van der Waals surface area contributed by atoms with Crippen molar-refractivity contribution in [3.63, 3.8) is 0 Å². The van der Waals surface area contributed by atoms with Gasteiger partial charge >= 0.3 is 11.9 Å². The number of nitrogens with one attached hydrogen (secondary N) is 2. The van der Waals surface area contributed by atoms with Gasteiger partial charge in [0.05, 0.1) is 18.1 Å². The number of aromatic hydroxyl groups is 1. The number of carbonyl (C=O) groups is 4. The van der Waals surface area contributed by atoms with Crippen LogP contribution in [0.2, 0.25) is 0 Å². The Labute approximate surface area is 225 Å². The quantitative estimate of drug-likeness (QED) is 0.318. The predicted octanol–water partition coefficient (Wildman–Crippen LogP) is 1.18. The Balaban J connectivity index is 2.03. The first-order valence-corrected chi connectivity index (χ1v) is 12.5. The van der Waals surface area contributed by atoms with Gasteiger partial charge in [0.1, 0.15) is 17.9 Å². The lowest BCUT2D eigenvalue weighted by Gasteiger charge is -2.32. The van der Waals surface area contributed by atoms with Crippen LogP contribution >= 0.6 is 0 Å². The normalized spacial score (nSPS) is 25.8. The molecule has 1 fully saturated rings. The minimum atomic E-state index is -1.47. The number of rotatable bonds is 5. The average Bonchev–Trinajstić information content (AvgIpc) is 2.92. The number of amides is 2. The summed E-state index contributed by atoms with van der Waals surface area (Å²) in [6.07, 6.45) is 2.15.